The highest BCUT2D eigenvalue weighted by molar-refractivity contribution is 5.85. The highest BCUT2D eigenvalue weighted by Gasteiger charge is 2.21. The Kier molecular flexibility index (Phi) is 3.60. The van der Waals surface area contributed by atoms with Crippen molar-refractivity contribution >= 4 is 12.4 Å². The van der Waals surface area contributed by atoms with Gasteiger partial charge >= 0.3 is 0 Å². The molecule has 0 bridgehead atoms. The molecule has 0 aromatic rings. The Bertz CT molecular complexity index is 113. The quantitative estimate of drug-likeness (QED) is 0.549. The highest BCUT2D eigenvalue weighted by Crippen LogP contribution is 2.14. The second-order valence-corrected chi connectivity index (χ2v) is 2.45. The maximum Gasteiger partial charge on any atom is 0.0625 e. The molecule has 2 nitrogen and oxygen atoms in total. The second kappa shape index (κ2) is 3.71. The van der Waals surface area contributed by atoms with Gasteiger partial charge in [-0.3, -0.25) is 0 Å². The first-order chi connectivity index (χ1) is 3.83. The number of nitrogens with zero attached hydrogens (tertiary/aromatic N) is 2. The van der Waals surface area contributed by atoms with Crippen LogP contribution < -0.4 is 0 Å². The molecule has 0 saturated carbocycles. The number of rotatable bonds is 1. The zero-order valence-corrected chi connectivity index (χ0v) is 6.32. The van der Waals surface area contributed by atoms with Crippen molar-refractivity contribution in [2.45, 2.75) is 6.42 Å². The summed E-state index contributed by atoms with van der Waals surface area (Å²) < 4.78 is 0. The van der Waals surface area contributed by atoms with Gasteiger partial charge in [0.05, 0.1) is 6.07 Å². The largest absolute Gasteiger partial charge is 0.306 e. The molecule has 0 spiro atoms. The molecule has 0 unspecified atom stereocenters. The molecule has 0 aliphatic carbocycles. The van der Waals surface area contributed by atoms with Crippen molar-refractivity contribution in [3.05, 3.63) is 0 Å². The van der Waals surface area contributed by atoms with Crippen LogP contribution in [0.2, 0.25) is 0 Å². The van der Waals surface area contributed by atoms with Gasteiger partial charge in [0.25, 0.3) is 0 Å². The van der Waals surface area contributed by atoms with Crippen molar-refractivity contribution in [2.24, 2.45) is 5.92 Å². The standard InChI is InChI=1S/C6H10N2.ClH/c1-8-4-6(5-8)2-3-7;/h6H,2,4-5H2,1H3;1H. The minimum absolute atomic E-state index is 0. The van der Waals surface area contributed by atoms with Gasteiger partial charge < -0.3 is 4.90 Å². The fraction of sp³-hybridized carbons (Fsp3) is 0.833. The van der Waals surface area contributed by atoms with E-state index in [9.17, 15) is 0 Å². The van der Waals surface area contributed by atoms with Gasteiger partial charge in [-0.1, -0.05) is 0 Å². The van der Waals surface area contributed by atoms with E-state index < -0.39 is 0 Å². The molecule has 3 heteroatoms. The average Bonchev–Trinajstić information content (AvgIpc) is 1.64. The van der Waals surface area contributed by atoms with Crippen LogP contribution in [0.15, 0.2) is 0 Å². The molecule has 1 fully saturated rings. The Balaban J connectivity index is 0.000000640. The first-order valence-electron chi connectivity index (χ1n) is 2.88. The van der Waals surface area contributed by atoms with Crippen LogP contribution in [0.4, 0.5) is 0 Å². The number of likely N-dealkylation sites (tertiary alicyclic amines) is 1. The van der Waals surface area contributed by atoms with E-state index in [0.717, 1.165) is 19.5 Å². The number of hydrogen-bond acceptors (Lipinski definition) is 2. The molecular weight excluding hydrogens is 136 g/mol. The second-order valence-electron chi connectivity index (χ2n) is 2.45. The summed E-state index contributed by atoms with van der Waals surface area (Å²) in [5.74, 6) is 0.671. The molecule has 0 atom stereocenters. The fourth-order valence-electron chi connectivity index (χ4n) is 1.09. The third-order valence-electron chi connectivity index (χ3n) is 1.52. The van der Waals surface area contributed by atoms with Crippen molar-refractivity contribution in [1.82, 2.24) is 4.90 Å². The Morgan fingerprint density at radius 2 is 2.22 bits per heavy atom. The topological polar surface area (TPSA) is 27.0 Å². The van der Waals surface area contributed by atoms with E-state index in [4.69, 9.17) is 5.26 Å². The van der Waals surface area contributed by atoms with E-state index in [0.29, 0.717) is 5.92 Å². The maximum absolute atomic E-state index is 8.22. The summed E-state index contributed by atoms with van der Waals surface area (Å²) in [5, 5.41) is 8.22. The van der Waals surface area contributed by atoms with Crippen molar-refractivity contribution in [3.8, 4) is 6.07 Å². The summed E-state index contributed by atoms with van der Waals surface area (Å²) >= 11 is 0. The normalized spacial score (nSPS) is 19.6. The fourth-order valence-corrected chi connectivity index (χ4v) is 1.09. The van der Waals surface area contributed by atoms with Gasteiger partial charge in [0.15, 0.2) is 0 Å². The zero-order chi connectivity index (χ0) is 5.98. The molecule has 0 aromatic carbocycles. The van der Waals surface area contributed by atoms with Crippen molar-refractivity contribution in [3.63, 3.8) is 0 Å². The van der Waals surface area contributed by atoms with E-state index in [1.54, 1.807) is 0 Å². The van der Waals surface area contributed by atoms with E-state index in [1.165, 1.54) is 0 Å². The van der Waals surface area contributed by atoms with E-state index in [-0.39, 0.29) is 12.4 Å². The smallest absolute Gasteiger partial charge is 0.0625 e. The van der Waals surface area contributed by atoms with Crippen LogP contribution in [-0.2, 0) is 0 Å². The number of nitriles is 1. The Morgan fingerprint density at radius 3 is 2.56 bits per heavy atom. The summed E-state index contributed by atoms with van der Waals surface area (Å²) in [5.41, 5.74) is 0. The van der Waals surface area contributed by atoms with Crippen LogP contribution in [0.5, 0.6) is 0 Å². The van der Waals surface area contributed by atoms with Gasteiger partial charge in [0.2, 0.25) is 0 Å². The Hall–Kier alpha value is -0.260. The van der Waals surface area contributed by atoms with Gasteiger partial charge in [0, 0.05) is 19.5 Å². The monoisotopic (exact) mass is 146 g/mol. The van der Waals surface area contributed by atoms with Crippen LogP contribution in [0.1, 0.15) is 6.42 Å². The molecule has 9 heavy (non-hydrogen) atoms. The minimum Gasteiger partial charge on any atom is -0.306 e. The van der Waals surface area contributed by atoms with Gasteiger partial charge in [-0.05, 0) is 13.0 Å². The highest BCUT2D eigenvalue weighted by atomic mass is 35.5. The SMILES string of the molecule is CN1CC(CC#N)C1.Cl. The van der Waals surface area contributed by atoms with E-state index in [1.807, 2.05) is 0 Å². The molecule has 0 N–H and O–H groups in total. The predicted molar refractivity (Wildman–Crippen MR) is 38.5 cm³/mol. The van der Waals surface area contributed by atoms with Crippen molar-refractivity contribution in [1.29, 1.82) is 5.26 Å². The maximum atomic E-state index is 8.22. The van der Waals surface area contributed by atoms with Crippen molar-refractivity contribution < 1.29 is 0 Å². The lowest BCUT2D eigenvalue weighted by Crippen LogP contribution is -2.43. The third kappa shape index (κ3) is 2.21. The van der Waals surface area contributed by atoms with Crippen LogP contribution in [-0.4, -0.2) is 25.0 Å². The van der Waals surface area contributed by atoms with Crippen molar-refractivity contribution in [2.75, 3.05) is 20.1 Å². The first-order valence-corrected chi connectivity index (χ1v) is 2.88. The third-order valence-corrected chi connectivity index (χ3v) is 1.52. The van der Waals surface area contributed by atoms with Gasteiger partial charge in [-0.2, -0.15) is 5.26 Å². The van der Waals surface area contributed by atoms with Crippen LogP contribution in [0.25, 0.3) is 0 Å². The molecule has 52 valence electrons. The lowest BCUT2D eigenvalue weighted by Gasteiger charge is -2.34. The molecule has 1 aliphatic rings. The van der Waals surface area contributed by atoms with Crippen LogP contribution in [0, 0.1) is 17.2 Å². The molecular formula is C6H11ClN2. The summed E-state index contributed by atoms with van der Waals surface area (Å²) in [6, 6.07) is 2.16. The summed E-state index contributed by atoms with van der Waals surface area (Å²) in [6.07, 6.45) is 0.740. The van der Waals surface area contributed by atoms with Gasteiger partial charge in [-0.25, -0.2) is 0 Å². The average molecular weight is 147 g/mol. The van der Waals surface area contributed by atoms with E-state index in [2.05, 4.69) is 18.0 Å². The molecule has 1 rings (SSSR count). The first kappa shape index (κ1) is 8.74. The molecule has 0 amide bonds. The summed E-state index contributed by atoms with van der Waals surface area (Å²) in [7, 11) is 2.08. The summed E-state index contributed by atoms with van der Waals surface area (Å²) in [6.45, 7) is 2.24. The number of halogens is 1. The van der Waals surface area contributed by atoms with Crippen LogP contribution in [0.3, 0.4) is 0 Å². The lowest BCUT2D eigenvalue weighted by molar-refractivity contribution is 0.138. The Labute approximate surface area is 61.9 Å². The predicted octanol–water partition coefficient (Wildman–Crippen LogP) is 0.883. The zero-order valence-electron chi connectivity index (χ0n) is 5.50. The molecule has 1 heterocycles. The molecule has 0 radical (unpaired) electrons. The van der Waals surface area contributed by atoms with E-state index >= 15 is 0 Å². The molecule has 0 aromatic heterocycles. The van der Waals surface area contributed by atoms with Gasteiger partial charge in [-0.15, -0.1) is 12.4 Å². The van der Waals surface area contributed by atoms with Crippen LogP contribution >= 0.6 is 12.4 Å². The number of hydrogen-bond donors (Lipinski definition) is 0. The minimum atomic E-state index is 0. The van der Waals surface area contributed by atoms with Gasteiger partial charge in [0.1, 0.15) is 0 Å². The summed E-state index contributed by atoms with van der Waals surface area (Å²) in [4.78, 5) is 2.22. The Morgan fingerprint density at radius 1 is 1.67 bits per heavy atom. The molecule has 1 aliphatic heterocycles. The lowest BCUT2D eigenvalue weighted by atomic mass is 9.98. The molecule has 1 saturated heterocycles.